The van der Waals surface area contributed by atoms with E-state index in [-0.39, 0.29) is 12.6 Å². The molecule has 0 N–H and O–H groups in total. The molecule has 0 aromatic carbocycles. The predicted molar refractivity (Wildman–Crippen MR) is 91.0 cm³/mol. The van der Waals surface area contributed by atoms with Crippen molar-refractivity contribution in [1.82, 2.24) is 0 Å². The minimum atomic E-state index is -0.559. The van der Waals surface area contributed by atoms with Crippen LogP contribution in [0, 0.1) is 11.3 Å². The Labute approximate surface area is 141 Å². The van der Waals surface area contributed by atoms with Crippen LogP contribution in [-0.2, 0) is 19.1 Å². The molecule has 0 bridgehead atoms. The van der Waals surface area contributed by atoms with Gasteiger partial charge in [0, 0.05) is 0 Å². The van der Waals surface area contributed by atoms with Crippen molar-refractivity contribution in [2.75, 3.05) is 6.61 Å². The Kier molecular flexibility index (Phi) is 7.56. The molecule has 1 rings (SSSR count). The minimum Gasteiger partial charge on any atom is -0.456 e. The molecule has 0 aromatic rings. The number of hydrogen-bond acceptors (Lipinski definition) is 4. The van der Waals surface area contributed by atoms with Gasteiger partial charge in [0.05, 0.1) is 5.41 Å². The predicted octanol–water partition coefficient (Wildman–Crippen LogP) is 4.65. The van der Waals surface area contributed by atoms with Gasteiger partial charge in [-0.1, -0.05) is 40.0 Å². The third-order valence-corrected chi connectivity index (χ3v) is 5.62. The van der Waals surface area contributed by atoms with Gasteiger partial charge in [0.15, 0.2) is 6.61 Å². The molecule has 0 aromatic heterocycles. The second-order valence-electron chi connectivity index (χ2n) is 7.39. The number of carbonyl (C=O) groups is 2. The fourth-order valence-electron chi connectivity index (χ4n) is 3.40. The number of hydrogen-bond donors (Lipinski definition) is 0. The number of rotatable bonds is 8. The van der Waals surface area contributed by atoms with Crippen LogP contribution in [0.4, 0.5) is 0 Å². The second kappa shape index (κ2) is 8.70. The van der Waals surface area contributed by atoms with E-state index < -0.39 is 17.0 Å². The SMILES string of the molecule is CCC(C)(C)C(=O)OCC(=O)OC(CC)(CC)C1CCCCC1. The third-order valence-electron chi connectivity index (χ3n) is 5.62. The van der Waals surface area contributed by atoms with Gasteiger partial charge in [-0.3, -0.25) is 4.79 Å². The van der Waals surface area contributed by atoms with E-state index in [1.807, 2.05) is 20.8 Å². The quantitative estimate of drug-likeness (QED) is 0.609. The van der Waals surface area contributed by atoms with Gasteiger partial charge in [-0.25, -0.2) is 4.79 Å². The highest BCUT2D eigenvalue weighted by molar-refractivity contribution is 5.79. The summed E-state index contributed by atoms with van der Waals surface area (Å²) in [5, 5.41) is 0. The van der Waals surface area contributed by atoms with E-state index in [9.17, 15) is 9.59 Å². The molecule has 0 heterocycles. The highest BCUT2D eigenvalue weighted by Crippen LogP contribution is 2.39. The molecule has 0 aliphatic heterocycles. The Morgan fingerprint density at radius 3 is 2.00 bits per heavy atom. The molecule has 0 saturated heterocycles. The van der Waals surface area contributed by atoms with Crippen molar-refractivity contribution >= 4 is 11.9 Å². The lowest BCUT2D eigenvalue weighted by Crippen LogP contribution is -2.43. The minimum absolute atomic E-state index is 0.281. The van der Waals surface area contributed by atoms with Crippen molar-refractivity contribution < 1.29 is 19.1 Å². The zero-order valence-corrected chi connectivity index (χ0v) is 15.6. The van der Waals surface area contributed by atoms with Crippen LogP contribution in [0.15, 0.2) is 0 Å². The van der Waals surface area contributed by atoms with Crippen molar-refractivity contribution in [1.29, 1.82) is 0 Å². The summed E-state index contributed by atoms with van der Waals surface area (Å²) >= 11 is 0. The summed E-state index contributed by atoms with van der Waals surface area (Å²) in [6.45, 7) is 9.46. The first-order valence-electron chi connectivity index (χ1n) is 9.20. The molecule has 23 heavy (non-hydrogen) atoms. The van der Waals surface area contributed by atoms with Crippen molar-refractivity contribution in [3.8, 4) is 0 Å². The van der Waals surface area contributed by atoms with Crippen molar-refractivity contribution in [2.24, 2.45) is 11.3 Å². The first-order valence-corrected chi connectivity index (χ1v) is 9.20. The first-order chi connectivity index (χ1) is 10.8. The monoisotopic (exact) mass is 326 g/mol. The van der Waals surface area contributed by atoms with Crippen LogP contribution in [0.25, 0.3) is 0 Å². The molecule has 1 aliphatic carbocycles. The lowest BCUT2D eigenvalue weighted by atomic mass is 9.74. The molecule has 0 unspecified atom stereocenters. The standard InChI is InChI=1S/C19H34O4/c1-6-18(4,5)17(21)22-14-16(20)23-19(7-2,8-3)15-12-10-9-11-13-15/h15H,6-14H2,1-5H3. The summed E-state index contributed by atoms with van der Waals surface area (Å²) in [5.41, 5.74) is -0.958. The first kappa shape index (κ1) is 20.0. The largest absolute Gasteiger partial charge is 0.456 e. The molecule has 4 nitrogen and oxygen atoms in total. The van der Waals surface area contributed by atoms with Gasteiger partial charge in [-0.2, -0.15) is 0 Å². The molecule has 1 aliphatic rings. The summed E-state index contributed by atoms with van der Waals surface area (Å²) < 4.78 is 11.0. The van der Waals surface area contributed by atoms with E-state index in [4.69, 9.17) is 9.47 Å². The molecular weight excluding hydrogens is 292 g/mol. The molecule has 0 spiro atoms. The van der Waals surface area contributed by atoms with Gasteiger partial charge in [-0.05, 0) is 51.9 Å². The van der Waals surface area contributed by atoms with Crippen molar-refractivity contribution in [3.05, 3.63) is 0 Å². The van der Waals surface area contributed by atoms with E-state index in [0.717, 1.165) is 25.7 Å². The van der Waals surface area contributed by atoms with Gasteiger partial charge in [0.1, 0.15) is 5.60 Å². The molecule has 0 radical (unpaired) electrons. The fourth-order valence-corrected chi connectivity index (χ4v) is 3.40. The highest BCUT2D eigenvalue weighted by atomic mass is 16.6. The third kappa shape index (κ3) is 5.22. The lowest BCUT2D eigenvalue weighted by molar-refractivity contribution is -0.180. The fraction of sp³-hybridized carbons (Fsp3) is 0.895. The van der Waals surface area contributed by atoms with Gasteiger partial charge in [0.25, 0.3) is 0 Å². The highest BCUT2D eigenvalue weighted by Gasteiger charge is 2.40. The summed E-state index contributed by atoms with van der Waals surface area (Å²) in [5.74, 6) is -0.328. The van der Waals surface area contributed by atoms with Crippen LogP contribution < -0.4 is 0 Å². The van der Waals surface area contributed by atoms with Gasteiger partial charge >= 0.3 is 11.9 Å². The molecular formula is C19H34O4. The lowest BCUT2D eigenvalue weighted by Gasteiger charge is -2.41. The van der Waals surface area contributed by atoms with Crippen molar-refractivity contribution in [2.45, 2.75) is 91.6 Å². The molecule has 1 saturated carbocycles. The van der Waals surface area contributed by atoms with E-state index in [1.54, 1.807) is 0 Å². The Bertz CT molecular complexity index is 390. The van der Waals surface area contributed by atoms with Crippen molar-refractivity contribution in [3.63, 3.8) is 0 Å². The maximum Gasteiger partial charge on any atom is 0.344 e. The van der Waals surface area contributed by atoms with Gasteiger partial charge in [0.2, 0.25) is 0 Å². The number of carbonyl (C=O) groups excluding carboxylic acids is 2. The molecule has 1 fully saturated rings. The van der Waals surface area contributed by atoms with Crippen LogP contribution in [0.2, 0.25) is 0 Å². The maximum atomic E-state index is 12.2. The van der Waals surface area contributed by atoms with Crippen LogP contribution >= 0.6 is 0 Å². The molecule has 0 amide bonds. The summed E-state index contributed by atoms with van der Waals surface area (Å²) in [6, 6.07) is 0. The van der Waals surface area contributed by atoms with Crippen LogP contribution in [0.1, 0.15) is 86.0 Å². The van der Waals surface area contributed by atoms with Gasteiger partial charge < -0.3 is 9.47 Å². The van der Waals surface area contributed by atoms with Crippen LogP contribution in [-0.4, -0.2) is 24.1 Å². The Morgan fingerprint density at radius 1 is 0.957 bits per heavy atom. The van der Waals surface area contributed by atoms with E-state index in [0.29, 0.717) is 12.3 Å². The number of ether oxygens (including phenoxy) is 2. The second-order valence-corrected chi connectivity index (χ2v) is 7.39. The summed E-state index contributed by atoms with van der Waals surface area (Å²) in [7, 11) is 0. The average molecular weight is 326 g/mol. The number of esters is 2. The van der Waals surface area contributed by atoms with Gasteiger partial charge in [-0.15, -0.1) is 0 Å². The maximum absolute atomic E-state index is 12.2. The Balaban J connectivity index is 2.62. The molecule has 0 atom stereocenters. The summed E-state index contributed by atoms with van der Waals surface area (Å²) in [4.78, 5) is 24.2. The van der Waals surface area contributed by atoms with Crippen LogP contribution in [0.5, 0.6) is 0 Å². The summed E-state index contributed by atoms with van der Waals surface area (Å²) in [6.07, 6.45) is 8.25. The van der Waals surface area contributed by atoms with E-state index in [2.05, 4.69) is 13.8 Å². The Hall–Kier alpha value is -1.06. The topological polar surface area (TPSA) is 52.6 Å². The zero-order chi connectivity index (χ0) is 17.5. The van der Waals surface area contributed by atoms with E-state index in [1.165, 1.54) is 19.3 Å². The smallest absolute Gasteiger partial charge is 0.344 e. The zero-order valence-electron chi connectivity index (χ0n) is 15.6. The molecule has 134 valence electrons. The van der Waals surface area contributed by atoms with Crippen LogP contribution in [0.3, 0.4) is 0 Å². The van der Waals surface area contributed by atoms with E-state index >= 15 is 0 Å². The average Bonchev–Trinajstić information content (AvgIpc) is 2.58. The Morgan fingerprint density at radius 2 is 1.52 bits per heavy atom. The molecule has 4 heteroatoms. The normalized spacial score (nSPS) is 16.9.